The Morgan fingerprint density at radius 3 is 2.89 bits per heavy atom. The standard InChI is InChI=1S/C11H11N3O3S/c1-5(10(16)17)13-9(15)6-2-3-7-8(4-6)18-11(12)14-7/h2-5H,1H3,(H2,12,14)(H,13,15)(H,16,17)/t5-/m1/s1. The first-order chi connectivity index (χ1) is 8.47. The lowest BCUT2D eigenvalue weighted by Gasteiger charge is -2.08. The van der Waals surface area contributed by atoms with Crippen molar-refractivity contribution in [2.45, 2.75) is 13.0 Å². The molecular weight excluding hydrogens is 254 g/mol. The lowest BCUT2D eigenvalue weighted by Crippen LogP contribution is -2.38. The third-order valence-electron chi connectivity index (χ3n) is 2.39. The Labute approximate surface area is 106 Å². The van der Waals surface area contributed by atoms with Crippen LogP contribution in [0.4, 0.5) is 5.13 Å². The largest absolute Gasteiger partial charge is 0.480 e. The number of carbonyl (C=O) groups excluding carboxylic acids is 1. The highest BCUT2D eigenvalue weighted by molar-refractivity contribution is 7.22. The second-order valence-electron chi connectivity index (χ2n) is 3.77. The lowest BCUT2D eigenvalue weighted by molar-refractivity contribution is -0.138. The molecule has 0 bridgehead atoms. The first kappa shape index (κ1) is 12.3. The number of carboxylic acid groups (broad SMARTS) is 1. The van der Waals surface area contributed by atoms with Crippen molar-refractivity contribution in [2.24, 2.45) is 0 Å². The number of carboxylic acids is 1. The Morgan fingerprint density at radius 2 is 2.22 bits per heavy atom. The van der Waals surface area contributed by atoms with Crippen LogP contribution in [0.3, 0.4) is 0 Å². The molecule has 6 nitrogen and oxygen atoms in total. The molecule has 0 saturated heterocycles. The molecule has 0 saturated carbocycles. The zero-order chi connectivity index (χ0) is 13.3. The van der Waals surface area contributed by atoms with Crippen LogP contribution in [-0.4, -0.2) is 28.0 Å². The normalized spacial score (nSPS) is 12.3. The fourth-order valence-electron chi connectivity index (χ4n) is 1.43. The number of nitrogens with two attached hydrogens (primary N) is 1. The molecule has 1 aromatic carbocycles. The van der Waals surface area contributed by atoms with Crippen molar-refractivity contribution in [3.63, 3.8) is 0 Å². The van der Waals surface area contributed by atoms with Gasteiger partial charge in [-0.3, -0.25) is 9.59 Å². The molecule has 7 heteroatoms. The Morgan fingerprint density at radius 1 is 1.50 bits per heavy atom. The molecule has 0 unspecified atom stereocenters. The fourth-order valence-corrected chi connectivity index (χ4v) is 2.20. The molecule has 1 amide bonds. The monoisotopic (exact) mass is 265 g/mol. The van der Waals surface area contributed by atoms with E-state index in [4.69, 9.17) is 10.8 Å². The Bertz CT molecular complexity index is 623. The van der Waals surface area contributed by atoms with Crippen LogP contribution in [0.2, 0.25) is 0 Å². The lowest BCUT2D eigenvalue weighted by atomic mass is 10.2. The van der Waals surface area contributed by atoms with Gasteiger partial charge in [-0.15, -0.1) is 0 Å². The van der Waals surface area contributed by atoms with Crippen LogP contribution in [0.25, 0.3) is 10.2 Å². The molecule has 2 rings (SSSR count). The summed E-state index contributed by atoms with van der Waals surface area (Å²) in [5, 5.41) is 11.5. The predicted molar refractivity (Wildman–Crippen MR) is 68.6 cm³/mol. The minimum Gasteiger partial charge on any atom is -0.480 e. The van der Waals surface area contributed by atoms with Crippen LogP contribution >= 0.6 is 11.3 Å². The van der Waals surface area contributed by atoms with Crippen molar-refractivity contribution in [3.05, 3.63) is 23.8 Å². The third kappa shape index (κ3) is 2.40. The molecule has 2 aromatic rings. The summed E-state index contributed by atoms with van der Waals surface area (Å²) in [5.41, 5.74) is 6.68. The minimum absolute atomic E-state index is 0.388. The summed E-state index contributed by atoms with van der Waals surface area (Å²) in [5.74, 6) is -1.51. The van der Waals surface area contributed by atoms with Crippen LogP contribution in [0.15, 0.2) is 18.2 Å². The van der Waals surface area contributed by atoms with E-state index in [2.05, 4.69) is 10.3 Å². The minimum atomic E-state index is -1.08. The van der Waals surface area contributed by atoms with Crippen molar-refractivity contribution in [1.82, 2.24) is 10.3 Å². The molecule has 4 N–H and O–H groups in total. The van der Waals surface area contributed by atoms with Crippen molar-refractivity contribution in [1.29, 1.82) is 0 Å². The summed E-state index contributed by atoms with van der Waals surface area (Å²) < 4.78 is 0.795. The zero-order valence-corrected chi connectivity index (χ0v) is 10.3. The maximum atomic E-state index is 11.8. The zero-order valence-electron chi connectivity index (χ0n) is 9.51. The van der Waals surface area contributed by atoms with E-state index in [-0.39, 0.29) is 0 Å². The number of aromatic nitrogens is 1. The summed E-state index contributed by atoms with van der Waals surface area (Å²) in [6, 6.07) is 3.99. The highest BCUT2D eigenvalue weighted by Crippen LogP contribution is 2.24. The van der Waals surface area contributed by atoms with Gasteiger partial charge in [0.1, 0.15) is 6.04 Å². The van der Waals surface area contributed by atoms with Gasteiger partial charge in [-0.1, -0.05) is 11.3 Å². The highest BCUT2D eigenvalue weighted by Gasteiger charge is 2.15. The molecule has 94 valence electrons. The Balaban J connectivity index is 2.25. The number of carbonyl (C=O) groups is 2. The van der Waals surface area contributed by atoms with Gasteiger partial charge >= 0.3 is 5.97 Å². The van der Waals surface area contributed by atoms with E-state index in [1.165, 1.54) is 18.3 Å². The van der Waals surface area contributed by atoms with Crippen molar-refractivity contribution >= 4 is 38.6 Å². The number of aliphatic carboxylic acids is 1. The number of rotatable bonds is 3. The van der Waals surface area contributed by atoms with E-state index in [9.17, 15) is 9.59 Å². The van der Waals surface area contributed by atoms with Gasteiger partial charge in [0.2, 0.25) is 0 Å². The van der Waals surface area contributed by atoms with Crippen LogP contribution in [-0.2, 0) is 4.79 Å². The second-order valence-corrected chi connectivity index (χ2v) is 4.83. The molecule has 18 heavy (non-hydrogen) atoms. The molecular formula is C11H11N3O3S. The summed E-state index contributed by atoms with van der Waals surface area (Å²) in [4.78, 5) is 26.5. The summed E-state index contributed by atoms with van der Waals surface area (Å²) >= 11 is 1.28. The van der Waals surface area contributed by atoms with E-state index in [0.717, 1.165) is 10.2 Å². The number of fused-ring (bicyclic) bond motifs is 1. The number of nitrogens with one attached hydrogen (secondary N) is 1. The van der Waals surface area contributed by atoms with Gasteiger partial charge in [0.25, 0.3) is 5.91 Å². The van der Waals surface area contributed by atoms with Gasteiger partial charge in [-0.05, 0) is 25.1 Å². The molecule has 0 fully saturated rings. The predicted octanol–water partition coefficient (Wildman–Crippen LogP) is 1.08. The van der Waals surface area contributed by atoms with Gasteiger partial charge in [-0.2, -0.15) is 0 Å². The maximum absolute atomic E-state index is 11.8. The molecule has 0 spiro atoms. The van der Waals surface area contributed by atoms with E-state index in [0.29, 0.717) is 10.7 Å². The Hall–Kier alpha value is -2.15. The van der Waals surface area contributed by atoms with E-state index < -0.39 is 17.9 Å². The van der Waals surface area contributed by atoms with Crippen molar-refractivity contribution in [3.8, 4) is 0 Å². The number of thiazole rings is 1. The highest BCUT2D eigenvalue weighted by atomic mass is 32.1. The van der Waals surface area contributed by atoms with Gasteiger partial charge in [-0.25, -0.2) is 4.98 Å². The smallest absolute Gasteiger partial charge is 0.325 e. The molecule has 1 aromatic heterocycles. The number of nitrogens with zero attached hydrogens (tertiary/aromatic N) is 1. The average molecular weight is 265 g/mol. The van der Waals surface area contributed by atoms with E-state index in [1.54, 1.807) is 18.2 Å². The topological polar surface area (TPSA) is 105 Å². The number of hydrogen-bond donors (Lipinski definition) is 3. The number of amides is 1. The van der Waals surface area contributed by atoms with Gasteiger partial charge < -0.3 is 16.2 Å². The van der Waals surface area contributed by atoms with Crippen LogP contribution < -0.4 is 11.1 Å². The quantitative estimate of drug-likeness (QED) is 0.770. The first-order valence-corrected chi connectivity index (χ1v) is 5.99. The van der Waals surface area contributed by atoms with Crippen LogP contribution in [0, 0.1) is 0 Å². The second kappa shape index (κ2) is 4.61. The van der Waals surface area contributed by atoms with Gasteiger partial charge in [0.15, 0.2) is 5.13 Å². The number of anilines is 1. The molecule has 1 atom stereocenters. The molecule has 0 aliphatic heterocycles. The Kier molecular flexibility index (Phi) is 3.15. The third-order valence-corrected chi connectivity index (χ3v) is 3.23. The van der Waals surface area contributed by atoms with Crippen LogP contribution in [0.1, 0.15) is 17.3 Å². The molecule has 0 aliphatic carbocycles. The van der Waals surface area contributed by atoms with Crippen molar-refractivity contribution < 1.29 is 14.7 Å². The van der Waals surface area contributed by atoms with E-state index in [1.807, 2.05) is 0 Å². The maximum Gasteiger partial charge on any atom is 0.325 e. The molecule has 0 aliphatic rings. The first-order valence-electron chi connectivity index (χ1n) is 5.17. The number of nitrogen functional groups attached to an aromatic ring is 1. The number of hydrogen-bond acceptors (Lipinski definition) is 5. The molecule has 0 radical (unpaired) electrons. The van der Waals surface area contributed by atoms with Gasteiger partial charge in [0.05, 0.1) is 10.2 Å². The summed E-state index contributed by atoms with van der Waals surface area (Å²) in [6.45, 7) is 1.41. The van der Waals surface area contributed by atoms with Crippen LogP contribution in [0.5, 0.6) is 0 Å². The van der Waals surface area contributed by atoms with Gasteiger partial charge in [0, 0.05) is 5.56 Å². The summed E-state index contributed by atoms with van der Waals surface area (Å²) in [6.07, 6.45) is 0. The SMILES string of the molecule is C[C@@H](NC(=O)c1ccc2nc(N)sc2c1)C(=O)O. The van der Waals surface area contributed by atoms with Crippen molar-refractivity contribution in [2.75, 3.05) is 5.73 Å². The number of benzene rings is 1. The average Bonchev–Trinajstić information content (AvgIpc) is 2.67. The fraction of sp³-hybridized carbons (Fsp3) is 0.182. The molecule has 1 heterocycles. The van der Waals surface area contributed by atoms with E-state index >= 15 is 0 Å². The summed E-state index contributed by atoms with van der Waals surface area (Å²) in [7, 11) is 0.